The number of anilines is 1. The second-order valence-electron chi connectivity index (χ2n) is 5.74. The number of ether oxygens (including phenoxy) is 2. The van der Waals surface area contributed by atoms with E-state index in [2.05, 4.69) is 10.6 Å². The van der Waals surface area contributed by atoms with Crippen molar-refractivity contribution in [2.75, 3.05) is 25.1 Å². The van der Waals surface area contributed by atoms with Gasteiger partial charge in [-0.3, -0.25) is 9.59 Å². The van der Waals surface area contributed by atoms with E-state index in [9.17, 15) is 9.59 Å². The lowest BCUT2D eigenvalue weighted by Gasteiger charge is -2.12. The van der Waals surface area contributed by atoms with Crippen LogP contribution in [0.4, 0.5) is 5.69 Å². The molecule has 0 aliphatic rings. The Morgan fingerprint density at radius 1 is 0.923 bits per heavy atom. The molecular formula is C20H24N2O4. The highest BCUT2D eigenvalue weighted by atomic mass is 16.5. The van der Waals surface area contributed by atoms with Crippen molar-refractivity contribution in [3.63, 3.8) is 0 Å². The molecular weight excluding hydrogens is 332 g/mol. The van der Waals surface area contributed by atoms with E-state index in [-0.39, 0.29) is 25.0 Å². The zero-order valence-electron chi connectivity index (χ0n) is 15.3. The van der Waals surface area contributed by atoms with E-state index in [1.807, 2.05) is 45.0 Å². The van der Waals surface area contributed by atoms with Crippen LogP contribution in [0.1, 0.15) is 18.1 Å². The minimum atomic E-state index is -0.382. The Balaban J connectivity index is 1.80. The molecule has 0 radical (unpaired) electrons. The summed E-state index contributed by atoms with van der Waals surface area (Å²) >= 11 is 0. The summed E-state index contributed by atoms with van der Waals surface area (Å²) in [6.45, 7) is 5.98. The largest absolute Gasteiger partial charge is 0.490 e. The number of para-hydroxylation sites is 2. The number of nitrogens with one attached hydrogen (secondary N) is 2. The van der Waals surface area contributed by atoms with Crippen molar-refractivity contribution in [3.05, 3.63) is 53.6 Å². The van der Waals surface area contributed by atoms with Crippen LogP contribution in [0.25, 0.3) is 0 Å². The van der Waals surface area contributed by atoms with Crippen LogP contribution in [-0.2, 0) is 9.59 Å². The van der Waals surface area contributed by atoms with Crippen molar-refractivity contribution in [2.24, 2.45) is 0 Å². The van der Waals surface area contributed by atoms with Crippen LogP contribution >= 0.6 is 0 Å². The van der Waals surface area contributed by atoms with Crippen LogP contribution < -0.4 is 20.1 Å². The molecule has 0 saturated heterocycles. The summed E-state index contributed by atoms with van der Waals surface area (Å²) in [6, 6.07) is 12.8. The second kappa shape index (κ2) is 9.46. The van der Waals surface area contributed by atoms with Gasteiger partial charge in [-0.1, -0.05) is 24.3 Å². The summed E-state index contributed by atoms with van der Waals surface area (Å²) < 4.78 is 10.9. The van der Waals surface area contributed by atoms with Gasteiger partial charge in [0.2, 0.25) is 5.91 Å². The van der Waals surface area contributed by atoms with Crippen LogP contribution in [-0.4, -0.2) is 31.6 Å². The van der Waals surface area contributed by atoms with Crippen molar-refractivity contribution in [2.45, 2.75) is 20.8 Å². The molecule has 2 amide bonds. The molecule has 0 aliphatic carbocycles. The van der Waals surface area contributed by atoms with Gasteiger partial charge in [0.05, 0.1) is 13.2 Å². The van der Waals surface area contributed by atoms with Gasteiger partial charge in [-0.2, -0.15) is 0 Å². The summed E-state index contributed by atoms with van der Waals surface area (Å²) in [7, 11) is 0. The second-order valence-corrected chi connectivity index (χ2v) is 5.74. The summed E-state index contributed by atoms with van der Waals surface area (Å²) in [5, 5.41) is 5.33. The fourth-order valence-corrected chi connectivity index (χ4v) is 2.30. The Kier molecular flexibility index (Phi) is 7.02. The van der Waals surface area contributed by atoms with Crippen LogP contribution in [0.2, 0.25) is 0 Å². The predicted molar refractivity (Wildman–Crippen MR) is 101 cm³/mol. The van der Waals surface area contributed by atoms with E-state index < -0.39 is 0 Å². The molecule has 0 aromatic heterocycles. The van der Waals surface area contributed by atoms with Crippen molar-refractivity contribution in [1.29, 1.82) is 0 Å². The summed E-state index contributed by atoms with van der Waals surface area (Å²) in [6.07, 6.45) is 0. The Morgan fingerprint density at radius 2 is 1.62 bits per heavy atom. The molecule has 2 N–H and O–H groups in total. The first-order chi connectivity index (χ1) is 12.5. The van der Waals surface area contributed by atoms with Gasteiger partial charge in [0, 0.05) is 5.69 Å². The monoisotopic (exact) mass is 356 g/mol. The quantitative estimate of drug-likeness (QED) is 0.762. The van der Waals surface area contributed by atoms with Crippen LogP contribution in [0.5, 0.6) is 11.5 Å². The van der Waals surface area contributed by atoms with Crippen LogP contribution in [0.3, 0.4) is 0 Å². The minimum Gasteiger partial charge on any atom is -0.490 e. The number of hydrogen-bond acceptors (Lipinski definition) is 4. The molecule has 6 nitrogen and oxygen atoms in total. The van der Waals surface area contributed by atoms with E-state index >= 15 is 0 Å². The van der Waals surface area contributed by atoms with Gasteiger partial charge in [0.25, 0.3) is 5.91 Å². The Hall–Kier alpha value is -3.02. The fraction of sp³-hybridized carbons (Fsp3) is 0.300. The lowest BCUT2D eigenvalue weighted by molar-refractivity contribution is -0.125. The number of carbonyl (C=O) groups is 2. The van der Waals surface area contributed by atoms with E-state index in [4.69, 9.17) is 9.47 Å². The lowest BCUT2D eigenvalue weighted by atomic mass is 10.1. The number of amides is 2. The molecule has 26 heavy (non-hydrogen) atoms. The fourth-order valence-electron chi connectivity index (χ4n) is 2.30. The van der Waals surface area contributed by atoms with E-state index in [1.54, 1.807) is 18.2 Å². The molecule has 2 aromatic rings. The van der Waals surface area contributed by atoms with Gasteiger partial charge in [0.15, 0.2) is 18.1 Å². The maximum absolute atomic E-state index is 12.0. The topological polar surface area (TPSA) is 76.7 Å². The SMILES string of the molecule is CCOc1ccccc1OCC(=O)NCC(=O)Nc1cccc(C)c1C. The smallest absolute Gasteiger partial charge is 0.258 e. The molecule has 0 saturated carbocycles. The van der Waals surface area contributed by atoms with Gasteiger partial charge in [-0.15, -0.1) is 0 Å². The third-order valence-electron chi connectivity index (χ3n) is 3.83. The van der Waals surface area contributed by atoms with Gasteiger partial charge >= 0.3 is 0 Å². The van der Waals surface area contributed by atoms with Crippen molar-refractivity contribution in [3.8, 4) is 11.5 Å². The highest BCUT2D eigenvalue weighted by molar-refractivity contribution is 5.95. The van der Waals surface area contributed by atoms with E-state index in [0.717, 1.165) is 16.8 Å². The molecule has 2 aromatic carbocycles. The lowest BCUT2D eigenvalue weighted by Crippen LogP contribution is -2.35. The number of benzene rings is 2. The number of aryl methyl sites for hydroxylation is 1. The summed E-state index contributed by atoms with van der Waals surface area (Å²) in [4.78, 5) is 23.9. The molecule has 0 spiro atoms. The molecule has 0 fully saturated rings. The average Bonchev–Trinajstić information content (AvgIpc) is 2.63. The first-order valence-electron chi connectivity index (χ1n) is 8.48. The zero-order valence-corrected chi connectivity index (χ0v) is 15.3. The zero-order chi connectivity index (χ0) is 18.9. The number of hydrogen-bond donors (Lipinski definition) is 2. The highest BCUT2D eigenvalue weighted by Gasteiger charge is 2.10. The molecule has 6 heteroatoms. The first-order valence-corrected chi connectivity index (χ1v) is 8.48. The normalized spacial score (nSPS) is 10.1. The Bertz CT molecular complexity index is 774. The first kappa shape index (κ1) is 19.3. The third-order valence-corrected chi connectivity index (χ3v) is 3.83. The van der Waals surface area contributed by atoms with Crippen molar-refractivity contribution >= 4 is 17.5 Å². The van der Waals surface area contributed by atoms with Gasteiger partial charge in [0.1, 0.15) is 0 Å². The maximum Gasteiger partial charge on any atom is 0.258 e. The van der Waals surface area contributed by atoms with Crippen LogP contribution in [0, 0.1) is 13.8 Å². The maximum atomic E-state index is 12.0. The summed E-state index contributed by atoms with van der Waals surface area (Å²) in [5.74, 6) is 0.397. The molecule has 0 unspecified atom stereocenters. The molecule has 0 atom stereocenters. The minimum absolute atomic E-state index is 0.122. The predicted octanol–water partition coefficient (Wildman–Crippen LogP) is 2.84. The average molecular weight is 356 g/mol. The van der Waals surface area contributed by atoms with Crippen LogP contribution in [0.15, 0.2) is 42.5 Å². The highest BCUT2D eigenvalue weighted by Crippen LogP contribution is 2.26. The third kappa shape index (κ3) is 5.51. The number of carbonyl (C=O) groups excluding carboxylic acids is 2. The Labute approximate surface area is 153 Å². The molecule has 0 heterocycles. The molecule has 0 bridgehead atoms. The van der Waals surface area contributed by atoms with Gasteiger partial charge < -0.3 is 20.1 Å². The number of rotatable bonds is 8. The standard InChI is InChI=1S/C20H24N2O4/c1-4-25-17-10-5-6-11-18(17)26-13-20(24)21-12-19(23)22-16-9-7-8-14(2)15(16)3/h5-11H,4,12-13H2,1-3H3,(H,21,24)(H,22,23). The van der Waals surface area contributed by atoms with Gasteiger partial charge in [-0.25, -0.2) is 0 Å². The molecule has 138 valence electrons. The molecule has 2 rings (SSSR count). The van der Waals surface area contributed by atoms with Crippen molar-refractivity contribution < 1.29 is 19.1 Å². The summed E-state index contributed by atoms with van der Waals surface area (Å²) in [5.41, 5.74) is 2.84. The molecule has 0 aliphatic heterocycles. The van der Waals surface area contributed by atoms with Crippen molar-refractivity contribution in [1.82, 2.24) is 5.32 Å². The van der Waals surface area contributed by atoms with Gasteiger partial charge in [-0.05, 0) is 50.1 Å². The van der Waals surface area contributed by atoms with E-state index in [0.29, 0.717) is 18.1 Å². The van der Waals surface area contributed by atoms with E-state index in [1.165, 1.54) is 0 Å². The Morgan fingerprint density at radius 3 is 2.31 bits per heavy atom.